The molecule has 10 aromatic rings. The van der Waals surface area contributed by atoms with E-state index in [9.17, 15) is 0 Å². The summed E-state index contributed by atoms with van der Waals surface area (Å²) in [6.45, 7) is 0. The highest BCUT2D eigenvalue weighted by Gasteiger charge is 2.51. The van der Waals surface area contributed by atoms with Crippen LogP contribution in [0, 0.1) is 0 Å². The van der Waals surface area contributed by atoms with E-state index in [4.69, 9.17) is 15.5 Å². The molecule has 0 radical (unpaired) electrons. The molecular formula is C52H33N3O. The number of benzene rings is 9. The molecule has 0 saturated carbocycles. The minimum Gasteiger partial charge on any atom is -0.457 e. The molecule has 1 aromatic heterocycles. The molecule has 1 aliphatic heterocycles. The Bertz CT molecular complexity index is 3220. The lowest BCUT2D eigenvalue weighted by molar-refractivity contribution is 0.436. The number of imidazole rings is 1. The van der Waals surface area contributed by atoms with Gasteiger partial charge >= 0.3 is 0 Å². The second-order valence-corrected chi connectivity index (χ2v) is 14.9. The van der Waals surface area contributed by atoms with Gasteiger partial charge in [-0.15, -0.1) is 0 Å². The van der Waals surface area contributed by atoms with Crippen molar-refractivity contribution in [3.63, 3.8) is 0 Å². The molecule has 0 unspecified atom stereocenters. The highest BCUT2D eigenvalue weighted by atomic mass is 16.5. The first-order valence-corrected chi connectivity index (χ1v) is 19.1. The van der Waals surface area contributed by atoms with E-state index in [0.29, 0.717) is 0 Å². The monoisotopic (exact) mass is 715 g/mol. The number of nitrogens with zero attached hydrogens (tertiary/aromatic N) is 2. The molecule has 0 bridgehead atoms. The van der Waals surface area contributed by atoms with Crippen LogP contribution in [0.3, 0.4) is 0 Å². The molecule has 1 aliphatic carbocycles. The molecule has 56 heavy (non-hydrogen) atoms. The van der Waals surface area contributed by atoms with E-state index in [1.165, 1.54) is 33.0 Å². The van der Waals surface area contributed by atoms with Gasteiger partial charge in [0, 0.05) is 33.5 Å². The van der Waals surface area contributed by atoms with Crippen molar-refractivity contribution in [1.29, 1.82) is 0 Å². The molecule has 2 aliphatic rings. The van der Waals surface area contributed by atoms with Gasteiger partial charge in [0.15, 0.2) is 0 Å². The Balaban J connectivity index is 1.26. The lowest BCUT2D eigenvalue weighted by Gasteiger charge is -2.39. The molecule has 4 heteroatoms. The molecule has 9 aromatic carbocycles. The highest BCUT2D eigenvalue weighted by Crippen LogP contribution is 2.63. The van der Waals surface area contributed by atoms with Crippen molar-refractivity contribution in [2.45, 2.75) is 5.41 Å². The van der Waals surface area contributed by atoms with Crippen LogP contribution in [0.1, 0.15) is 22.3 Å². The van der Waals surface area contributed by atoms with Crippen LogP contribution in [0.15, 0.2) is 188 Å². The third-order valence-electron chi connectivity index (χ3n) is 12.0. The van der Waals surface area contributed by atoms with Crippen molar-refractivity contribution in [2.75, 3.05) is 5.73 Å². The summed E-state index contributed by atoms with van der Waals surface area (Å²) in [5, 5.41) is 4.51. The van der Waals surface area contributed by atoms with E-state index < -0.39 is 5.41 Å². The number of aromatic nitrogens is 2. The second kappa shape index (κ2) is 11.5. The van der Waals surface area contributed by atoms with Crippen molar-refractivity contribution in [3.05, 3.63) is 210 Å². The summed E-state index contributed by atoms with van der Waals surface area (Å²) in [7, 11) is 0. The fraction of sp³-hybridized carbons (Fsp3) is 0.0192. The van der Waals surface area contributed by atoms with E-state index in [-0.39, 0.29) is 0 Å². The van der Waals surface area contributed by atoms with Crippen LogP contribution in [-0.2, 0) is 5.41 Å². The van der Waals surface area contributed by atoms with E-state index in [1.54, 1.807) is 0 Å². The summed E-state index contributed by atoms with van der Waals surface area (Å²) >= 11 is 0. The number of hydrogen-bond acceptors (Lipinski definition) is 3. The first kappa shape index (κ1) is 31.0. The quantitative estimate of drug-likeness (QED) is 0.185. The molecule has 262 valence electrons. The fourth-order valence-electron chi connectivity index (χ4n) is 9.65. The largest absolute Gasteiger partial charge is 0.457 e. The molecule has 0 amide bonds. The van der Waals surface area contributed by atoms with Crippen LogP contribution in [-0.4, -0.2) is 9.55 Å². The van der Waals surface area contributed by atoms with Gasteiger partial charge in [0.1, 0.15) is 17.3 Å². The molecule has 2 heterocycles. The van der Waals surface area contributed by atoms with Gasteiger partial charge in [-0.1, -0.05) is 133 Å². The number of para-hydroxylation sites is 4. The van der Waals surface area contributed by atoms with Gasteiger partial charge in [0.05, 0.1) is 16.4 Å². The minimum absolute atomic E-state index is 0.631. The highest BCUT2D eigenvalue weighted by molar-refractivity contribution is 6.07. The zero-order chi connectivity index (χ0) is 37.0. The van der Waals surface area contributed by atoms with Crippen molar-refractivity contribution in [2.24, 2.45) is 0 Å². The number of nitrogens with two attached hydrogens (primary N) is 1. The van der Waals surface area contributed by atoms with E-state index in [1.807, 2.05) is 6.07 Å². The van der Waals surface area contributed by atoms with E-state index in [0.717, 1.165) is 78.3 Å². The Morgan fingerprint density at radius 3 is 1.93 bits per heavy atom. The summed E-state index contributed by atoms with van der Waals surface area (Å²) in [4.78, 5) is 5.53. The number of anilines is 1. The number of rotatable bonds is 3. The third kappa shape index (κ3) is 4.15. The zero-order valence-electron chi connectivity index (χ0n) is 30.3. The maximum atomic E-state index is 6.69. The summed E-state index contributed by atoms with van der Waals surface area (Å²) in [6.07, 6.45) is 0. The first-order valence-electron chi connectivity index (χ1n) is 19.1. The average molecular weight is 716 g/mol. The Kier molecular flexibility index (Phi) is 6.38. The van der Waals surface area contributed by atoms with Gasteiger partial charge in [-0.3, -0.25) is 4.57 Å². The normalized spacial score (nSPS) is 13.4. The number of fused-ring (bicyclic) bond motifs is 12. The van der Waals surface area contributed by atoms with Crippen molar-refractivity contribution >= 4 is 38.3 Å². The van der Waals surface area contributed by atoms with Crippen LogP contribution in [0.2, 0.25) is 0 Å². The summed E-state index contributed by atoms with van der Waals surface area (Å²) < 4.78 is 9.03. The maximum Gasteiger partial charge on any atom is 0.146 e. The predicted molar refractivity (Wildman–Crippen MR) is 229 cm³/mol. The molecular weight excluding hydrogens is 683 g/mol. The van der Waals surface area contributed by atoms with Crippen LogP contribution < -0.4 is 10.5 Å². The van der Waals surface area contributed by atoms with Crippen LogP contribution >= 0.6 is 0 Å². The van der Waals surface area contributed by atoms with Gasteiger partial charge in [-0.05, 0) is 104 Å². The van der Waals surface area contributed by atoms with Gasteiger partial charge in [-0.25, -0.2) is 4.98 Å². The van der Waals surface area contributed by atoms with Crippen LogP contribution in [0.4, 0.5) is 5.69 Å². The SMILES string of the molecule is Nc1ccc(-c2cc3c(cc2-c2nc4ccccc4n2-c2ccc4ccccc4c2)C2(c4ccccc4Oc4ccccc42)c2ccccc2-3)c2ccccc12. The Labute approximate surface area is 323 Å². The molecule has 2 N–H and O–H groups in total. The van der Waals surface area contributed by atoms with E-state index >= 15 is 0 Å². The predicted octanol–water partition coefficient (Wildman–Crippen LogP) is 12.7. The van der Waals surface area contributed by atoms with Crippen LogP contribution in [0.25, 0.3) is 71.9 Å². The van der Waals surface area contributed by atoms with Gasteiger partial charge in [0.25, 0.3) is 0 Å². The number of nitrogen functional groups attached to an aromatic ring is 1. The lowest BCUT2D eigenvalue weighted by Crippen LogP contribution is -2.32. The molecule has 12 rings (SSSR count). The lowest BCUT2D eigenvalue weighted by atomic mass is 9.66. The molecule has 0 atom stereocenters. The average Bonchev–Trinajstić information content (AvgIpc) is 3.78. The third-order valence-corrected chi connectivity index (χ3v) is 12.0. The Morgan fingerprint density at radius 2 is 1.11 bits per heavy atom. The van der Waals surface area contributed by atoms with Crippen molar-refractivity contribution in [3.8, 4) is 50.8 Å². The van der Waals surface area contributed by atoms with Crippen LogP contribution in [0.5, 0.6) is 11.5 Å². The molecule has 0 saturated heterocycles. The molecule has 1 spiro atoms. The Hall–Kier alpha value is -7.43. The second-order valence-electron chi connectivity index (χ2n) is 14.9. The maximum absolute atomic E-state index is 6.69. The summed E-state index contributed by atoms with van der Waals surface area (Å²) in [5.74, 6) is 2.61. The minimum atomic E-state index is -0.631. The fourth-order valence-corrected chi connectivity index (χ4v) is 9.65. The Morgan fingerprint density at radius 1 is 0.446 bits per heavy atom. The summed E-state index contributed by atoms with van der Waals surface area (Å²) in [6, 6.07) is 67.2. The number of ether oxygens (including phenoxy) is 1. The topological polar surface area (TPSA) is 53.1 Å². The smallest absolute Gasteiger partial charge is 0.146 e. The molecule has 4 nitrogen and oxygen atoms in total. The summed E-state index contributed by atoms with van der Waals surface area (Å²) in [5.41, 5.74) is 20.2. The van der Waals surface area contributed by atoms with Gasteiger partial charge in [-0.2, -0.15) is 0 Å². The molecule has 0 fully saturated rings. The van der Waals surface area contributed by atoms with Gasteiger partial charge < -0.3 is 10.5 Å². The zero-order valence-corrected chi connectivity index (χ0v) is 30.3. The van der Waals surface area contributed by atoms with Crippen molar-refractivity contribution < 1.29 is 4.74 Å². The van der Waals surface area contributed by atoms with E-state index in [2.05, 4.69) is 187 Å². The van der Waals surface area contributed by atoms with Crippen molar-refractivity contribution in [1.82, 2.24) is 9.55 Å². The standard InChI is InChI=1S/C52H33N3O/c53-46-28-27-36(35-15-3-4-17-38(35)46)39-30-40-37-16-5-6-18-42(37)52(43-19-7-11-23-49(43)56-50-24-12-8-20-44(50)52)45(40)31-41(39)51-54-47-21-9-10-22-48(47)55(51)34-26-25-32-13-1-2-14-33(32)29-34/h1-31H,53H2. The first-order chi connectivity index (χ1) is 27.7. The number of hydrogen-bond donors (Lipinski definition) is 1. The van der Waals surface area contributed by atoms with Gasteiger partial charge in [0.2, 0.25) is 0 Å².